The average molecular weight is 538 g/mol. The average Bonchev–Trinajstić information content (AvgIpc) is 3.51. The van der Waals surface area contributed by atoms with Crippen LogP contribution in [0, 0.1) is 0 Å². The second-order valence-corrected chi connectivity index (χ2v) is 10.5. The van der Waals surface area contributed by atoms with Gasteiger partial charge in [-0.2, -0.15) is 9.97 Å². The summed E-state index contributed by atoms with van der Waals surface area (Å²) in [7, 11) is -3.95. The number of carbonyl (C=O) groups is 1. The molecular weight excluding hydrogens is 517 g/mol. The van der Waals surface area contributed by atoms with Gasteiger partial charge in [-0.15, -0.1) is 0 Å². The summed E-state index contributed by atoms with van der Waals surface area (Å²) in [6.07, 6.45) is -2.59. The smallest absolute Gasteiger partial charge is 0.424 e. The molecule has 3 aliphatic heterocycles. The normalized spacial score (nSPS) is 31.8. The maximum atomic E-state index is 13.2. The van der Waals surface area contributed by atoms with Crippen LogP contribution in [0.2, 0.25) is 5.02 Å². The zero-order valence-corrected chi connectivity index (χ0v) is 20.2. The van der Waals surface area contributed by atoms with Crippen LogP contribution in [0.4, 0.5) is 16.6 Å². The zero-order valence-electron chi connectivity index (χ0n) is 18.6. The number of ether oxygens (including phenoxy) is 3. The van der Waals surface area contributed by atoms with Crippen LogP contribution in [0.15, 0.2) is 36.5 Å². The molecule has 1 aromatic carbocycles. The van der Waals surface area contributed by atoms with E-state index >= 15 is 0 Å². The Balaban J connectivity index is 1.21. The number of hydrogen-bond donors (Lipinski definition) is 2. The van der Waals surface area contributed by atoms with E-state index in [1.54, 1.807) is 35.0 Å². The lowest BCUT2D eigenvalue weighted by molar-refractivity contribution is -0.0743. The molecule has 6 atom stereocenters. The Labute approximate surface area is 209 Å². The fraction of sp³-hybridized carbons (Fsp3) is 0.381. The van der Waals surface area contributed by atoms with Gasteiger partial charge in [0.2, 0.25) is 5.95 Å². The molecule has 0 amide bonds. The summed E-state index contributed by atoms with van der Waals surface area (Å²) in [6, 6.07) is 8.76. The number of nitrogens with two attached hydrogens (primary N) is 2. The second-order valence-electron chi connectivity index (χ2n) is 8.42. The largest absolute Gasteiger partial charge is 0.509 e. The molecule has 13 nitrogen and oxygen atoms in total. The van der Waals surface area contributed by atoms with E-state index in [0.717, 1.165) is 5.56 Å². The summed E-state index contributed by atoms with van der Waals surface area (Å²) in [6.45, 7) is -0.100. The number of carbonyl (C=O) groups excluding carboxylic acids is 1. The summed E-state index contributed by atoms with van der Waals surface area (Å²) < 4.78 is 48.3. The number of aromatic nitrogens is 3. The number of phosphoric ester groups is 1. The lowest BCUT2D eigenvalue weighted by Gasteiger charge is -2.30. The highest BCUT2D eigenvalue weighted by Crippen LogP contribution is 2.57. The highest BCUT2D eigenvalue weighted by atomic mass is 35.5. The predicted molar refractivity (Wildman–Crippen MR) is 125 cm³/mol. The van der Waals surface area contributed by atoms with E-state index in [1.807, 2.05) is 6.07 Å². The fourth-order valence-electron chi connectivity index (χ4n) is 4.54. The van der Waals surface area contributed by atoms with Gasteiger partial charge >= 0.3 is 14.0 Å². The van der Waals surface area contributed by atoms with Gasteiger partial charge in [0.1, 0.15) is 17.6 Å². The molecule has 1 unspecified atom stereocenters. The molecule has 190 valence electrons. The number of halogens is 1. The number of anilines is 2. The van der Waals surface area contributed by atoms with Crippen molar-refractivity contribution in [1.29, 1.82) is 0 Å². The number of phosphoric acid groups is 1. The monoisotopic (exact) mass is 537 g/mol. The third-order valence-electron chi connectivity index (χ3n) is 6.15. The van der Waals surface area contributed by atoms with E-state index in [0.29, 0.717) is 22.5 Å². The Bertz CT molecular complexity index is 1390. The van der Waals surface area contributed by atoms with Crippen LogP contribution in [0.1, 0.15) is 24.3 Å². The van der Waals surface area contributed by atoms with Gasteiger partial charge in [0.05, 0.1) is 24.7 Å². The first-order valence-electron chi connectivity index (χ1n) is 11.0. The molecule has 5 heterocycles. The first-order chi connectivity index (χ1) is 17.3. The van der Waals surface area contributed by atoms with Crippen molar-refractivity contribution in [3.8, 4) is 0 Å². The number of rotatable bonds is 5. The third kappa shape index (κ3) is 4.17. The maximum absolute atomic E-state index is 13.2. The Kier molecular flexibility index (Phi) is 5.78. The van der Waals surface area contributed by atoms with Crippen molar-refractivity contribution in [3.63, 3.8) is 0 Å². The van der Waals surface area contributed by atoms with Crippen LogP contribution in [0.5, 0.6) is 0 Å². The quantitative estimate of drug-likeness (QED) is 0.359. The first-order valence-corrected chi connectivity index (χ1v) is 12.9. The second kappa shape index (κ2) is 8.87. The van der Waals surface area contributed by atoms with E-state index in [9.17, 15) is 9.36 Å². The van der Waals surface area contributed by atoms with Gasteiger partial charge in [0.15, 0.2) is 18.4 Å². The minimum atomic E-state index is -3.95. The molecule has 0 aliphatic carbocycles. The Morgan fingerprint density at radius 3 is 2.86 bits per heavy atom. The molecule has 15 heteroatoms. The molecule has 2 aromatic heterocycles. The van der Waals surface area contributed by atoms with Crippen molar-refractivity contribution >= 4 is 48.4 Å². The molecule has 6 rings (SSSR count). The van der Waals surface area contributed by atoms with Crippen LogP contribution in [0.3, 0.4) is 0 Å². The van der Waals surface area contributed by atoms with Crippen molar-refractivity contribution < 1.29 is 37.1 Å². The van der Waals surface area contributed by atoms with E-state index in [2.05, 4.69) is 9.97 Å². The fourth-order valence-corrected chi connectivity index (χ4v) is 6.13. The highest BCUT2D eigenvalue weighted by Gasteiger charge is 2.56. The Morgan fingerprint density at radius 1 is 1.19 bits per heavy atom. The van der Waals surface area contributed by atoms with Crippen LogP contribution in [-0.4, -0.2) is 52.2 Å². The van der Waals surface area contributed by atoms with Crippen molar-refractivity contribution in [2.75, 3.05) is 24.7 Å². The van der Waals surface area contributed by atoms with E-state index in [4.69, 9.17) is 50.9 Å². The van der Waals surface area contributed by atoms with Crippen LogP contribution < -0.4 is 11.5 Å². The number of fused-ring (bicyclic) bond motifs is 2. The number of nitrogen functional groups attached to an aromatic ring is 2. The van der Waals surface area contributed by atoms with E-state index in [-0.39, 0.29) is 25.0 Å². The van der Waals surface area contributed by atoms with Crippen LogP contribution in [-0.2, 0) is 32.3 Å². The van der Waals surface area contributed by atoms with E-state index in [1.165, 1.54) is 0 Å². The van der Waals surface area contributed by atoms with Gasteiger partial charge in [-0.3, -0.25) is 13.6 Å². The molecule has 0 saturated carbocycles. The summed E-state index contributed by atoms with van der Waals surface area (Å²) in [5, 5.41) is 1.08. The van der Waals surface area contributed by atoms with Crippen molar-refractivity contribution in [1.82, 2.24) is 14.5 Å². The Hall–Kier alpha value is -2.93. The number of nitrogens with zero attached hydrogens (tertiary/aromatic N) is 3. The van der Waals surface area contributed by atoms with Crippen molar-refractivity contribution in [3.05, 3.63) is 47.1 Å². The van der Waals surface area contributed by atoms with Gasteiger partial charge in [-0.25, -0.2) is 9.36 Å². The Morgan fingerprint density at radius 2 is 2.03 bits per heavy atom. The van der Waals surface area contributed by atoms with Gasteiger partial charge in [-0.05, 0) is 23.8 Å². The SMILES string of the molecule is Nc1nc(N)c2ccn([C@@H]3O[C@H](COP4(=O)OCC[C@@H](c5cccc(Cl)c5)O4)[C@H]4OC(=O)O[C@H]43)c2n1. The van der Waals surface area contributed by atoms with Crippen LogP contribution >= 0.6 is 19.4 Å². The first kappa shape index (κ1) is 23.5. The number of hydrogen-bond acceptors (Lipinski definition) is 12. The standard InChI is InChI=1S/C21H21ClN5O8P/c22-11-3-1-2-10(8-11)13-5-7-30-36(29,35-13)31-9-14-15-16(34-21(28)33-15)19(32-14)27-6-4-12-17(23)25-20(24)26-18(12)27/h1-4,6,8,13-16,19H,5,7,9H2,(H4,23,24,25,26)/t13-,14+,15+,16+,19+,36?/m0/s1. The molecule has 4 N–H and O–H groups in total. The van der Waals surface area contributed by atoms with E-state index < -0.39 is 44.6 Å². The topological polar surface area (TPSA) is 172 Å². The van der Waals surface area contributed by atoms with Crippen molar-refractivity contribution in [2.45, 2.75) is 37.1 Å². The lowest BCUT2D eigenvalue weighted by Crippen LogP contribution is -2.32. The molecule has 3 aliphatic rings. The summed E-state index contributed by atoms with van der Waals surface area (Å²) in [5.74, 6) is 0.178. The minimum Gasteiger partial charge on any atom is -0.424 e. The molecule has 3 fully saturated rings. The maximum Gasteiger partial charge on any atom is 0.509 e. The molecule has 0 spiro atoms. The number of benzene rings is 1. The van der Waals surface area contributed by atoms with Gasteiger partial charge in [-0.1, -0.05) is 23.7 Å². The van der Waals surface area contributed by atoms with Gasteiger partial charge < -0.3 is 30.2 Å². The molecule has 0 bridgehead atoms. The van der Waals surface area contributed by atoms with Gasteiger partial charge in [0.25, 0.3) is 0 Å². The van der Waals surface area contributed by atoms with Crippen molar-refractivity contribution in [2.24, 2.45) is 0 Å². The van der Waals surface area contributed by atoms with Crippen LogP contribution in [0.25, 0.3) is 11.0 Å². The summed E-state index contributed by atoms with van der Waals surface area (Å²) in [4.78, 5) is 20.1. The zero-order chi connectivity index (χ0) is 25.0. The lowest BCUT2D eigenvalue weighted by atomic mass is 10.1. The predicted octanol–water partition coefficient (Wildman–Crippen LogP) is 3.35. The third-order valence-corrected chi connectivity index (χ3v) is 7.86. The molecular formula is C21H21ClN5O8P. The summed E-state index contributed by atoms with van der Waals surface area (Å²) >= 11 is 6.07. The summed E-state index contributed by atoms with van der Waals surface area (Å²) in [5.41, 5.74) is 12.9. The highest BCUT2D eigenvalue weighted by molar-refractivity contribution is 7.48. The minimum absolute atomic E-state index is 0.0204. The molecule has 0 radical (unpaired) electrons. The molecule has 3 aromatic rings. The molecule has 3 saturated heterocycles. The molecule has 36 heavy (non-hydrogen) atoms. The van der Waals surface area contributed by atoms with Gasteiger partial charge in [0, 0.05) is 17.6 Å².